The molecule has 2 aromatic carbocycles. The molecular weight excluding hydrogens is 415 g/mol. The Morgan fingerprint density at radius 1 is 0.848 bits per heavy atom. The first-order valence-corrected chi connectivity index (χ1v) is 12.9. The summed E-state index contributed by atoms with van der Waals surface area (Å²) in [7, 11) is 0. The molecule has 0 atom stereocenters. The second kappa shape index (κ2) is 14.4. The molecule has 0 spiro atoms. The van der Waals surface area contributed by atoms with E-state index in [0.717, 1.165) is 44.5 Å². The van der Waals surface area contributed by atoms with Crippen LogP contribution in [0.2, 0.25) is 0 Å². The van der Waals surface area contributed by atoms with Crippen molar-refractivity contribution >= 4 is 0 Å². The van der Waals surface area contributed by atoms with Gasteiger partial charge < -0.3 is 14.2 Å². The van der Waals surface area contributed by atoms with Crippen molar-refractivity contribution in [2.24, 2.45) is 5.92 Å². The largest absolute Gasteiger partial charge is 0.493 e. The summed E-state index contributed by atoms with van der Waals surface area (Å²) in [6, 6.07) is 13.2. The number of ether oxygens (including phenoxy) is 3. The average Bonchev–Trinajstić information content (AvgIpc) is 2.84. The first-order valence-electron chi connectivity index (χ1n) is 12.9. The van der Waals surface area contributed by atoms with Crippen LogP contribution in [-0.2, 0) is 15.9 Å². The number of aryl methyl sites for hydroxylation is 1. The quantitative estimate of drug-likeness (QED) is 0.270. The molecule has 0 aliphatic carbocycles. The Morgan fingerprint density at radius 2 is 1.58 bits per heavy atom. The van der Waals surface area contributed by atoms with E-state index in [0.29, 0.717) is 23.8 Å². The fourth-order valence-electron chi connectivity index (χ4n) is 4.24. The molecule has 1 aliphatic heterocycles. The third-order valence-corrected chi connectivity index (χ3v) is 6.39. The summed E-state index contributed by atoms with van der Waals surface area (Å²) in [6.07, 6.45) is 11.5. The second-order valence-corrected chi connectivity index (χ2v) is 9.24. The summed E-state index contributed by atoms with van der Waals surface area (Å²) in [6.45, 7) is 6.61. The molecule has 2 aromatic rings. The van der Waals surface area contributed by atoms with Gasteiger partial charge in [-0.1, -0.05) is 76.6 Å². The SMILES string of the molecule is CCCCCCCC1COC(CCc2ccc(-c3ccc(OCCCC)cc3F)cc2)OC1. The van der Waals surface area contributed by atoms with E-state index in [4.69, 9.17) is 14.2 Å². The molecule has 0 bridgehead atoms. The summed E-state index contributed by atoms with van der Waals surface area (Å²) in [5.41, 5.74) is 2.69. The van der Waals surface area contributed by atoms with Gasteiger partial charge in [0.25, 0.3) is 0 Å². The highest BCUT2D eigenvalue weighted by Gasteiger charge is 2.21. The van der Waals surface area contributed by atoms with Gasteiger partial charge in [-0.15, -0.1) is 0 Å². The van der Waals surface area contributed by atoms with Gasteiger partial charge in [-0.25, -0.2) is 4.39 Å². The van der Waals surface area contributed by atoms with Crippen LogP contribution >= 0.6 is 0 Å². The Morgan fingerprint density at radius 3 is 2.27 bits per heavy atom. The molecule has 3 rings (SSSR count). The molecule has 0 N–H and O–H groups in total. The van der Waals surface area contributed by atoms with Crippen LogP contribution in [0.25, 0.3) is 11.1 Å². The fraction of sp³-hybridized carbons (Fsp3) is 0.586. The lowest BCUT2D eigenvalue weighted by Gasteiger charge is -2.29. The van der Waals surface area contributed by atoms with Crippen LogP contribution in [0.1, 0.15) is 77.2 Å². The van der Waals surface area contributed by atoms with E-state index in [1.807, 2.05) is 18.2 Å². The third kappa shape index (κ3) is 8.75. The molecule has 3 nitrogen and oxygen atoms in total. The predicted molar refractivity (Wildman–Crippen MR) is 133 cm³/mol. The van der Waals surface area contributed by atoms with Crippen molar-refractivity contribution in [2.75, 3.05) is 19.8 Å². The van der Waals surface area contributed by atoms with E-state index in [-0.39, 0.29) is 12.1 Å². The Balaban J connectivity index is 1.40. The summed E-state index contributed by atoms with van der Waals surface area (Å²) in [4.78, 5) is 0. The van der Waals surface area contributed by atoms with Crippen LogP contribution in [0.5, 0.6) is 5.75 Å². The van der Waals surface area contributed by atoms with Gasteiger partial charge in [-0.3, -0.25) is 0 Å². The molecule has 182 valence electrons. The highest BCUT2D eigenvalue weighted by molar-refractivity contribution is 5.65. The highest BCUT2D eigenvalue weighted by atomic mass is 19.1. The molecule has 4 heteroatoms. The van der Waals surface area contributed by atoms with Gasteiger partial charge in [0.15, 0.2) is 6.29 Å². The van der Waals surface area contributed by atoms with Gasteiger partial charge in [-0.05, 0) is 42.5 Å². The first kappa shape index (κ1) is 25.7. The van der Waals surface area contributed by atoms with Gasteiger partial charge in [0, 0.05) is 24.0 Å². The lowest BCUT2D eigenvalue weighted by molar-refractivity contribution is -0.203. The monoisotopic (exact) mass is 456 g/mol. The topological polar surface area (TPSA) is 27.7 Å². The average molecular weight is 457 g/mol. The molecule has 0 amide bonds. The minimum atomic E-state index is -0.249. The van der Waals surface area contributed by atoms with Gasteiger partial charge in [-0.2, -0.15) is 0 Å². The van der Waals surface area contributed by atoms with Crippen LogP contribution in [-0.4, -0.2) is 26.1 Å². The molecule has 1 aliphatic rings. The minimum Gasteiger partial charge on any atom is -0.493 e. The molecule has 33 heavy (non-hydrogen) atoms. The van der Waals surface area contributed by atoms with E-state index in [9.17, 15) is 4.39 Å². The molecule has 0 saturated carbocycles. The zero-order valence-electron chi connectivity index (χ0n) is 20.5. The zero-order chi connectivity index (χ0) is 23.3. The van der Waals surface area contributed by atoms with Crippen molar-refractivity contribution in [1.29, 1.82) is 0 Å². The summed E-state index contributed by atoms with van der Waals surface area (Å²) in [5, 5.41) is 0. The molecule has 0 unspecified atom stereocenters. The van der Waals surface area contributed by atoms with Crippen molar-refractivity contribution in [2.45, 2.75) is 84.3 Å². The highest BCUT2D eigenvalue weighted by Crippen LogP contribution is 2.27. The van der Waals surface area contributed by atoms with Crippen molar-refractivity contribution in [3.63, 3.8) is 0 Å². The van der Waals surface area contributed by atoms with Crippen molar-refractivity contribution in [3.8, 4) is 16.9 Å². The van der Waals surface area contributed by atoms with E-state index < -0.39 is 0 Å². The van der Waals surface area contributed by atoms with Crippen LogP contribution in [0, 0.1) is 11.7 Å². The van der Waals surface area contributed by atoms with Crippen molar-refractivity contribution in [1.82, 2.24) is 0 Å². The van der Waals surface area contributed by atoms with E-state index >= 15 is 0 Å². The van der Waals surface area contributed by atoms with Crippen LogP contribution in [0.15, 0.2) is 42.5 Å². The summed E-state index contributed by atoms with van der Waals surface area (Å²) < 4.78 is 32.1. The normalized spacial score (nSPS) is 18.4. The number of rotatable bonds is 14. The molecule has 0 radical (unpaired) electrons. The molecule has 0 aromatic heterocycles. The van der Waals surface area contributed by atoms with E-state index in [1.165, 1.54) is 50.2 Å². The fourth-order valence-corrected chi connectivity index (χ4v) is 4.24. The Labute approximate surface area is 199 Å². The lowest BCUT2D eigenvalue weighted by Crippen LogP contribution is -2.32. The van der Waals surface area contributed by atoms with E-state index in [1.54, 1.807) is 6.07 Å². The van der Waals surface area contributed by atoms with Crippen LogP contribution in [0.3, 0.4) is 0 Å². The molecule has 1 saturated heterocycles. The number of hydrogen-bond donors (Lipinski definition) is 0. The third-order valence-electron chi connectivity index (χ3n) is 6.39. The first-order chi connectivity index (χ1) is 16.2. The molecule has 1 fully saturated rings. The Bertz CT molecular complexity index is 797. The standard InChI is InChI=1S/C29H41FO3/c1-3-5-7-8-9-10-24-21-32-29(33-22-24)18-13-23-11-14-25(15-12-23)27-17-16-26(20-28(27)30)31-19-6-4-2/h11-12,14-17,20,24,29H,3-10,13,18-19,21-22H2,1-2H3. The molecular formula is C29H41FO3. The van der Waals surface area contributed by atoms with Gasteiger partial charge in [0.1, 0.15) is 11.6 Å². The number of halogens is 1. The smallest absolute Gasteiger partial charge is 0.157 e. The van der Waals surface area contributed by atoms with Gasteiger partial charge in [0.05, 0.1) is 19.8 Å². The minimum absolute atomic E-state index is 0.112. The number of hydrogen-bond acceptors (Lipinski definition) is 3. The maximum Gasteiger partial charge on any atom is 0.157 e. The Hall–Kier alpha value is -1.91. The van der Waals surface area contributed by atoms with Gasteiger partial charge in [0.2, 0.25) is 0 Å². The maximum atomic E-state index is 14.6. The summed E-state index contributed by atoms with van der Waals surface area (Å²) >= 11 is 0. The molecule has 1 heterocycles. The zero-order valence-corrected chi connectivity index (χ0v) is 20.5. The van der Waals surface area contributed by atoms with Crippen molar-refractivity contribution in [3.05, 3.63) is 53.8 Å². The predicted octanol–water partition coefficient (Wildman–Crippen LogP) is 7.95. The second-order valence-electron chi connectivity index (χ2n) is 9.24. The van der Waals surface area contributed by atoms with Gasteiger partial charge >= 0.3 is 0 Å². The lowest BCUT2D eigenvalue weighted by atomic mass is 10.0. The van der Waals surface area contributed by atoms with Crippen molar-refractivity contribution < 1.29 is 18.6 Å². The van der Waals surface area contributed by atoms with Crippen LogP contribution in [0.4, 0.5) is 4.39 Å². The van der Waals surface area contributed by atoms with Crippen LogP contribution < -0.4 is 4.74 Å². The number of unbranched alkanes of at least 4 members (excludes halogenated alkanes) is 5. The van der Waals surface area contributed by atoms with E-state index in [2.05, 4.69) is 26.0 Å². The summed E-state index contributed by atoms with van der Waals surface area (Å²) in [5.74, 6) is 0.883. The Kier molecular flexibility index (Phi) is 11.2. The number of benzene rings is 2. The maximum absolute atomic E-state index is 14.6.